The van der Waals surface area contributed by atoms with E-state index in [2.05, 4.69) is 0 Å². The maximum Gasteiger partial charge on any atom is 0.419 e. The lowest BCUT2D eigenvalue weighted by Crippen LogP contribution is -2.14. The van der Waals surface area contributed by atoms with Gasteiger partial charge in [0.25, 0.3) is 0 Å². The summed E-state index contributed by atoms with van der Waals surface area (Å²) in [4.78, 5) is 11.7. The number of esters is 1. The second-order valence-corrected chi connectivity index (χ2v) is 4.53. The molecule has 0 atom stereocenters. The summed E-state index contributed by atoms with van der Waals surface area (Å²) >= 11 is 1.11. The van der Waals surface area contributed by atoms with Gasteiger partial charge in [-0.3, -0.25) is 0 Å². The molecule has 0 amide bonds. The summed E-state index contributed by atoms with van der Waals surface area (Å²) in [6.45, 7) is 0. The molecule has 0 aliphatic rings. The minimum atomic E-state index is -4.59. The SMILES string of the molecule is Nc1sccc1C(=O)Oc1ccccc1C(F)(F)F. The number of nitrogens with two attached hydrogens (primary N) is 1. The van der Waals surface area contributed by atoms with Crippen LogP contribution in [-0.4, -0.2) is 5.97 Å². The van der Waals surface area contributed by atoms with Gasteiger partial charge in [-0.15, -0.1) is 11.3 Å². The minimum absolute atomic E-state index is 0.0574. The predicted octanol–water partition coefficient (Wildman–Crippen LogP) is 3.57. The maximum absolute atomic E-state index is 12.7. The van der Waals surface area contributed by atoms with Gasteiger partial charge in [0.05, 0.1) is 11.1 Å². The van der Waals surface area contributed by atoms with E-state index in [-0.39, 0.29) is 10.6 Å². The van der Waals surface area contributed by atoms with Gasteiger partial charge in [-0.25, -0.2) is 4.79 Å². The van der Waals surface area contributed by atoms with E-state index in [9.17, 15) is 18.0 Å². The summed E-state index contributed by atoms with van der Waals surface area (Å²) < 4.78 is 42.9. The molecule has 19 heavy (non-hydrogen) atoms. The highest BCUT2D eigenvalue weighted by Crippen LogP contribution is 2.36. The van der Waals surface area contributed by atoms with Crippen molar-refractivity contribution in [3.63, 3.8) is 0 Å². The molecule has 2 N–H and O–H groups in total. The second-order valence-electron chi connectivity index (χ2n) is 3.58. The maximum atomic E-state index is 12.7. The summed E-state index contributed by atoms with van der Waals surface area (Å²) in [5.74, 6) is -1.44. The van der Waals surface area contributed by atoms with Crippen LogP contribution in [0.3, 0.4) is 0 Å². The largest absolute Gasteiger partial charge is 0.422 e. The Kier molecular flexibility index (Phi) is 3.48. The molecule has 0 fully saturated rings. The molecule has 0 aliphatic heterocycles. The molecular weight excluding hydrogens is 279 g/mol. The summed E-state index contributed by atoms with van der Waals surface area (Å²) in [6.07, 6.45) is -4.59. The van der Waals surface area contributed by atoms with E-state index in [4.69, 9.17) is 10.5 Å². The summed E-state index contributed by atoms with van der Waals surface area (Å²) in [5, 5.41) is 1.76. The van der Waals surface area contributed by atoms with Crippen LogP contribution in [0, 0.1) is 0 Å². The third kappa shape index (κ3) is 2.87. The zero-order chi connectivity index (χ0) is 14.0. The number of benzene rings is 1. The molecule has 1 aromatic heterocycles. The van der Waals surface area contributed by atoms with Gasteiger partial charge in [-0.05, 0) is 23.6 Å². The highest BCUT2D eigenvalue weighted by atomic mass is 32.1. The van der Waals surface area contributed by atoms with Crippen molar-refractivity contribution in [2.24, 2.45) is 0 Å². The van der Waals surface area contributed by atoms with Gasteiger partial charge in [-0.1, -0.05) is 12.1 Å². The number of hydrogen-bond donors (Lipinski definition) is 1. The van der Waals surface area contributed by atoms with Crippen molar-refractivity contribution in [3.8, 4) is 5.75 Å². The third-order valence-electron chi connectivity index (χ3n) is 2.31. The zero-order valence-corrected chi connectivity index (χ0v) is 10.2. The molecule has 1 heterocycles. The van der Waals surface area contributed by atoms with E-state index in [0.717, 1.165) is 23.5 Å². The number of para-hydroxylation sites is 1. The topological polar surface area (TPSA) is 52.3 Å². The molecule has 2 aromatic rings. The highest BCUT2D eigenvalue weighted by Gasteiger charge is 2.34. The Morgan fingerprint density at radius 2 is 1.89 bits per heavy atom. The standard InChI is InChI=1S/C12H8F3NO2S/c13-12(14,15)8-3-1-2-4-9(8)18-11(17)7-5-6-19-10(7)16/h1-6H,16H2. The average molecular weight is 287 g/mol. The van der Waals surface area contributed by atoms with Crippen LogP contribution in [0.25, 0.3) is 0 Å². The number of carbonyl (C=O) groups is 1. The summed E-state index contributed by atoms with van der Waals surface area (Å²) in [7, 11) is 0. The van der Waals surface area contributed by atoms with E-state index in [1.165, 1.54) is 18.2 Å². The van der Waals surface area contributed by atoms with Gasteiger partial charge in [0, 0.05) is 0 Å². The third-order valence-corrected chi connectivity index (χ3v) is 3.06. The molecule has 0 radical (unpaired) electrons. The predicted molar refractivity (Wildman–Crippen MR) is 65.1 cm³/mol. The van der Waals surface area contributed by atoms with Crippen molar-refractivity contribution < 1.29 is 22.7 Å². The molecule has 0 bridgehead atoms. The van der Waals surface area contributed by atoms with E-state index in [0.29, 0.717) is 0 Å². The Hall–Kier alpha value is -2.02. The van der Waals surface area contributed by atoms with Crippen molar-refractivity contribution in [2.45, 2.75) is 6.18 Å². The van der Waals surface area contributed by atoms with Crippen LogP contribution in [0.2, 0.25) is 0 Å². The van der Waals surface area contributed by atoms with E-state index in [1.54, 1.807) is 5.38 Å². The Morgan fingerprint density at radius 3 is 2.47 bits per heavy atom. The van der Waals surface area contributed by atoms with Crippen LogP contribution in [0.15, 0.2) is 35.7 Å². The molecule has 0 aliphatic carbocycles. The van der Waals surface area contributed by atoms with Gasteiger partial charge in [0.1, 0.15) is 10.8 Å². The Labute approximate surface area is 110 Å². The molecule has 2 rings (SSSR count). The smallest absolute Gasteiger partial charge is 0.419 e. The average Bonchev–Trinajstić information content (AvgIpc) is 2.75. The van der Waals surface area contributed by atoms with E-state index < -0.39 is 23.5 Å². The number of anilines is 1. The van der Waals surface area contributed by atoms with Crippen molar-refractivity contribution in [1.29, 1.82) is 0 Å². The van der Waals surface area contributed by atoms with Crippen molar-refractivity contribution in [2.75, 3.05) is 5.73 Å². The fourth-order valence-electron chi connectivity index (χ4n) is 1.43. The molecule has 0 spiro atoms. The number of halogens is 3. The molecule has 0 unspecified atom stereocenters. The van der Waals surface area contributed by atoms with Crippen LogP contribution in [0.1, 0.15) is 15.9 Å². The fourth-order valence-corrected chi connectivity index (χ4v) is 2.06. The van der Waals surface area contributed by atoms with Gasteiger partial charge in [0.15, 0.2) is 0 Å². The molecule has 100 valence electrons. The Bertz CT molecular complexity index is 607. The first-order valence-corrected chi connectivity index (χ1v) is 5.99. The first kappa shape index (κ1) is 13.4. The lowest BCUT2D eigenvalue weighted by atomic mass is 10.2. The van der Waals surface area contributed by atoms with Crippen LogP contribution in [0.5, 0.6) is 5.75 Å². The minimum Gasteiger partial charge on any atom is -0.422 e. The van der Waals surface area contributed by atoms with Crippen LogP contribution in [0.4, 0.5) is 18.2 Å². The van der Waals surface area contributed by atoms with Crippen molar-refractivity contribution in [1.82, 2.24) is 0 Å². The molecule has 0 saturated heterocycles. The number of ether oxygens (including phenoxy) is 1. The normalized spacial score (nSPS) is 11.3. The summed E-state index contributed by atoms with van der Waals surface area (Å²) in [5.41, 5.74) is 4.57. The molecule has 3 nitrogen and oxygen atoms in total. The van der Waals surface area contributed by atoms with Gasteiger partial charge >= 0.3 is 12.1 Å². The Morgan fingerprint density at radius 1 is 1.21 bits per heavy atom. The summed E-state index contributed by atoms with van der Waals surface area (Å²) in [6, 6.07) is 5.91. The number of hydrogen-bond acceptors (Lipinski definition) is 4. The van der Waals surface area contributed by atoms with Crippen LogP contribution >= 0.6 is 11.3 Å². The number of alkyl halides is 3. The molecular formula is C12H8F3NO2S. The highest BCUT2D eigenvalue weighted by molar-refractivity contribution is 7.14. The zero-order valence-electron chi connectivity index (χ0n) is 9.40. The fraction of sp³-hybridized carbons (Fsp3) is 0.0833. The number of rotatable bonds is 2. The van der Waals surface area contributed by atoms with E-state index >= 15 is 0 Å². The second kappa shape index (κ2) is 4.93. The van der Waals surface area contributed by atoms with Gasteiger partial charge in [-0.2, -0.15) is 13.2 Å². The first-order valence-electron chi connectivity index (χ1n) is 5.11. The van der Waals surface area contributed by atoms with E-state index in [1.807, 2.05) is 0 Å². The van der Waals surface area contributed by atoms with Crippen molar-refractivity contribution in [3.05, 3.63) is 46.8 Å². The number of thiophene rings is 1. The number of carbonyl (C=O) groups excluding carboxylic acids is 1. The lowest BCUT2D eigenvalue weighted by molar-refractivity contribution is -0.138. The van der Waals surface area contributed by atoms with Crippen molar-refractivity contribution >= 4 is 22.3 Å². The number of nitrogen functional groups attached to an aromatic ring is 1. The quantitative estimate of drug-likeness (QED) is 0.678. The molecule has 1 aromatic carbocycles. The molecule has 7 heteroatoms. The Balaban J connectivity index is 2.30. The van der Waals surface area contributed by atoms with Crippen LogP contribution in [-0.2, 0) is 6.18 Å². The monoisotopic (exact) mass is 287 g/mol. The lowest BCUT2D eigenvalue weighted by Gasteiger charge is -2.12. The molecule has 0 saturated carbocycles. The van der Waals surface area contributed by atoms with Gasteiger partial charge < -0.3 is 10.5 Å². The first-order chi connectivity index (χ1) is 8.89. The van der Waals surface area contributed by atoms with Gasteiger partial charge in [0.2, 0.25) is 0 Å². The van der Waals surface area contributed by atoms with Crippen LogP contribution < -0.4 is 10.5 Å².